The average molecular weight is 168 g/mol. The Morgan fingerprint density at radius 2 is 1.92 bits per heavy atom. The van der Waals surface area contributed by atoms with Crippen molar-refractivity contribution < 1.29 is 9.53 Å². The molecule has 0 atom stereocenters. The van der Waals surface area contributed by atoms with Gasteiger partial charge in [0.25, 0.3) is 6.47 Å². The van der Waals surface area contributed by atoms with Gasteiger partial charge in [0.1, 0.15) is 6.61 Å². The van der Waals surface area contributed by atoms with Crippen molar-refractivity contribution in [2.24, 2.45) is 0 Å². The van der Waals surface area contributed by atoms with Crippen LogP contribution in [0.25, 0.3) is 0 Å². The minimum absolute atomic E-state index is 0.403. The summed E-state index contributed by atoms with van der Waals surface area (Å²) >= 11 is 0. The van der Waals surface area contributed by atoms with E-state index in [-0.39, 0.29) is 0 Å². The van der Waals surface area contributed by atoms with Gasteiger partial charge in [-0.15, -0.1) is 0 Å². The maximum absolute atomic E-state index is 9.83. The minimum Gasteiger partial charge on any atom is -0.463 e. The molecule has 0 saturated heterocycles. The highest BCUT2D eigenvalue weighted by molar-refractivity contribution is 5.37. The summed E-state index contributed by atoms with van der Waals surface area (Å²) in [4.78, 5) is 9.83. The first-order chi connectivity index (χ1) is 5.66. The van der Waals surface area contributed by atoms with Crippen molar-refractivity contribution >= 4 is 6.47 Å². The van der Waals surface area contributed by atoms with Crippen molar-refractivity contribution in [2.45, 2.75) is 27.2 Å². The predicted octanol–water partition coefficient (Wildman–Crippen LogP) is 2.46. The van der Waals surface area contributed by atoms with Crippen LogP contribution in [-0.4, -0.2) is 13.1 Å². The Bertz CT molecular complexity index is 186. The van der Waals surface area contributed by atoms with Crippen LogP contribution in [-0.2, 0) is 9.53 Å². The standard InChI is InChI=1S/C10H16O2/c1-9(2)5-4-6-10(3)7-12-8-11/h5-6,8H,4,7H2,1-3H3. The minimum atomic E-state index is 0.403. The van der Waals surface area contributed by atoms with Gasteiger partial charge in [-0.1, -0.05) is 17.7 Å². The van der Waals surface area contributed by atoms with Gasteiger partial charge in [0.05, 0.1) is 0 Å². The third kappa shape index (κ3) is 7.06. The average Bonchev–Trinajstić information content (AvgIpc) is 2.00. The van der Waals surface area contributed by atoms with Crippen LogP contribution < -0.4 is 0 Å². The SMILES string of the molecule is CC(C)=CCC=C(C)COC=O. The monoisotopic (exact) mass is 168 g/mol. The molecule has 0 fully saturated rings. The van der Waals surface area contributed by atoms with Crippen molar-refractivity contribution in [3.05, 3.63) is 23.3 Å². The second-order valence-corrected chi connectivity index (χ2v) is 2.97. The van der Waals surface area contributed by atoms with Crippen LogP contribution in [0.4, 0.5) is 0 Å². The summed E-state index contributed by atoms with van der Waals surface area (Å²) in [5, 5.41) is 0. The van der Waals surface area contributed by atoms with Crippen LogP contribution in [0.2, 0.25) is 0 Å². The number of rotatable bonds is 5. The zero-order valence-corrected chi connectivity index (χ0v) is 7.96. The van der Waals surface area contributed by atoms with Gasteiger partial charge in [-0.3, -0.25) is 4.79 Å². The molecule has 0 bridgehead atoms. The molecule has 0 heterocycles. The first-order valence-corrected chi connectivity index (χ1v) is 4.01. The molecule has 0 aromatic carbocycles. The Kier molecular flexibility index (Phi) is 6.07. The van der Waals surface area contributed by atoms with Crippen LogP contribution in [0.15, 0.2) is 23.3 Å². The van der Waals surface area contributed by atoms with E-state index >= 15 is 0 Å². The van der Waals surface area contributed by atoms with Crippen molar-refractivity contribution in [2.75, 3.05) is 6.61 Å². The molecule has 0 aliphatic heterocycles. The smallest absolute Gasteiger partial charge is 0.293 e. The molecule has 12 heavy (non-hydrogen) atoms. The summed E-state index contributed by atoms with van der Waals surface area (Å²) in [6.45, 7) is 6.94. The van der Waals surface area contributed by atoms with Crippen LogP contribution in [0.5, 0.6) is 0 Å². The van der Waals surface area contributed by atoms with E-state index in [1.54, 1.807) is 0 Å². The van der Waals surface area contributed by atoms with Crippen molar-refractivity contribution in [1.29, 1.82) is 0 Å². The summed E-state index contributed by atoms with van der Waals surface area (Å²) in [5.41, 5.74) is 2.38. The highest BCUT2D eigenvalue weighted by Crippen LogP contribution is 1.99. The van der Waals surface area contributed by atoms with Crippen LogP contribution >= 0.6 is 0 Å². The summed E-state index contributed by atoms with van der Waals surface area (Å²) in [7, 11) is 0. The Balaban J connectivity index is 3.68. The molecule has 0 amide bonds. The molecule has 0 aliphatic rings. The maximum Gasteiger partial charge on any atom is 0.293 e. The molecular weight excluding hydrogens is 152 g/mol. The lowest BCUT2D eigenvalue weighted by Crippen LogP contribution is -1.92. The summed E-state index contributed by atoms with van der Waals surface area (Å²) in [5.74, 6) is 0. The molecule has 2 heteroatoms. The quantitative estimate of drug-likeness (QED) is 0.465. The highest BCUT2D eigenvalue weighted by Gasteiger charge is 1.86. The maximum atomic E-state index is 9.83. The largest absolute Gasteiger partial charge is 0.463 e. The van der Waals surface area contributed by atoms with Gasteiger partial charge in [0.15, 0.2) is 0 Å². The van der Waals surface area contributed by atoms with E-state index < -0.39 is 0 Å². The van der Waals surface area contributed by atoms with E-state index in [1.807, 2.05) is 6.92 Å². The van der Waals surface area contributed by atoms with Gasteiger partial charge in [-0.2, -0.15) is 0 Å². The number of hydrogen-bond donors (Lipinski definition) is 0. The van der Waals surface area contributed by atoms with Gasteiger partial charge >= 0.3 is 0 Å². The fraction of sp³-hybridized carbons (Fsp3) is 0.500. The van der Waals surface area contributed by atoms with Crippen molar-refractivity contribution in [3.8, 4) is 0 Å². The van der Waals surface area contributed by atoms with Crippen molar-refractivity contribution in [3.63, 3.8) is 0 Å². The number of carbonyl (C=O) groups excluding carboxylic acids is 1. The fourth-order valence-corrected chi connectivity index (χ4v) is 0.720. The number of carbonyl (C=O) groups is 1. The lowest BCUT2D eigenvalue weighted by molar-refractivity contribution is -0.127. The zero-order valence-electron chi connectivity index (χ0n) is 7.96. The number of ether oxygens (including phenoxy) is 1. The Hall–Kier alpha value is -1.05. The fourth-order valence-electron chi connectivity index (χ4n) is 0.720. The van der Waals surface area contributed by atoms with Gasteiger partial charge in [-0.05, 0) is 32.8 Å². The lowest BCUT2D eigenvalue weighted by Gasteiger charge is -1.97. The summed E-state index contributed by atoms with van der Waals surface area (Å²) < 4.78 is 4.58. The van der Waals surface area contributed by atoms with E-state index in [4.69, 9.17) is 0 Å². The second kappa shape index (κ2) is 6.65. The number of hydrogen-bond acceptors (Lipinski definition) is 2. The number of allylic oxidation sites excluding steroid dienone is 3. The first-order valence-electron chi connectivity index (χ1n) is 4.01. The van der Waals surface area contributed by atoms with Gasteiger partial charge in [0, 0.05) is 0 Å². The summed E-state index contributed by atoms with van der Waals surface area (Å²) in [6.07, 6.45) is 5.09. The third-order valence-corrected chi connectivity index (χ3v) is 1.37. The molecule has 0 N–H and O–H groups in total. The zero-order chi connectivity index (χ0) is 9.40. The van der Waals surface area contributed by atoms with Crippen LogP contribution in [0, 0.1) is 0 Å². The molecule has 0 aromatic rings. The highest BCUT2D eigenvalue weighted by atomic mass is 16.5. The van der Waals surface area contributed by atoms with Crippen molar-refractivity contribution in [1.82, 2.24) is 0 Å². The Labute approximate surface area is 73.9 Å². The Morgan fingerprint density at radius 1 is 1.25 bits per heavy atom. The molecule has 0 unspecified atom stereocenters. The van der Waals surface area contributed by atoms with Crippen LogP contribution in [0.1, 0.15) is 27.2 Å². The van der Waals surface area contributed by atoms with Gasteiger partial charge in [0.2, 0.25) is 0 Å². The molecular formula is C10H16O2. The molecule has 2 nitrogen and oxygen atoms in total. The van der Waals surface area contributed by atoms with Gasteiger partial charge < -0.3 is 4.74 Å². The third-order valence-electron chi connectivity index (χ3n) is 1.37. The topological polar surface area (TPSA) is 26.3 Å². The molecule has 0 rings (SSSR count). The molecule has 0 saturated carbocycles. The van der Waals surface area contributed by atoms with E-state index in [1.165, 1.54) is 5.57 Å². The van der Waals surface area contributed by atoms with E-state index in [9.17, 15) is 4.79 Å². The normalized spacial score (nSPS) is 10.8. The predicted molar refractivity (Wildman–Crippen MR) is 49.8 cm³/mol. The molecule has 0 spiro atoms. The lowest BCUT2D eigenvalue weighted by atomic mass is 10.2. The Morgan fingerprint density at radius 3 is 2.42 bits per heavy atom. The second-order valence-electron chi connectivity index (χ2n) is 2.97. The van der Waals surface area contributed by atoms with Crippen LogP contribution in [0.3, 0.4) is 0 Å². The molecule has 68 valence electrons. The van der Waals surface area contributed by atoms with E-state index in [2.05, 4.69) is 30.7 Å². The molecule has 0 aliphatic carbocycles. The molecule has 0 radical (unpaired) electrons. The van der Waals surface area contributed by atoms with E-state index in [0.29, 0.717) is 13.1 Å². The molecule has 0 aromatic heterocycles. The van der Waals surface area contributed by atoms with Gasteiger partial charge in [-0.25, -0.2) is 0 Å². The summed E-state index contributed by atoms with van der Waals surface area (Å²) in [6, 6.07) is 0. The first kappa shape index (κ1) is 11.0. The van der Waals surface area contributed by atoms with E-state index in [0.717, 1.165) is 12.0 Å².